The summed E-state index contributed by atoms with van der Waals surface area (Å²) in [6.45, 7) is 1.96. The lowest BCUT2D eigenvalue weighted by Crippen LogP contribution is -2.17. The van der Waals surface area contributed by atoms with Gasteiger partial charge in [-0.05, 0) is 58.8 Å². The quantitative estimate of drug-likeness (QED) is 0.611. The molecule has 0 spiro atoms. The average molecular weight is 386 g/mol. The molecule has 19 heavy (non-hydrogen) atoms. The molecular weight excluding hydrogens is 373 g/mol. The van der Waals surface area contributed by atoms with Gasteiger partial charge in [-0.25, -0.2) is 0 Å². The molecule has 2 nitrogen and oxygen atoms in total. The highest BCUT2D eigenvalue weighted by atomic mass is 127. The number of hydrogen-bond acceptors (Lipinski definition) is 1. The first-order valence-electron chi connectivity index (χ1n) is 5.84. The van der Waals surface area contributed by atoms with Gasteiger partial charge in [-0.3, -0.25) is 4.79 Å². The first-order valence-corrected chi connectivity index (χ1v) is 7.35. The monoisotopic (exact) mass is 385 g/mol. The van der Waals surface area contributed by atoms with Crippen molar-refractivity contribution >= 4 is 45.8 Å². The molecule has 1 N–H and O–H groups in total. The van der Waals surface area contributed by atoms with Gasteiger partial charge < -0.3 is 5.32 Å². The van der Waals surface area contributed by atoms with Gasteiger partial charge in [-0.1, -0.05) is 30.3 Å². The number of amides is 1. The Bertz CT molecular complexity index is 586. The predicted molar refractivity (Wildman–Crippen MR) is 87.6 cm³/mol. The van der Waals surface area contributed by atoms with Gasteiger partial charge in [0.1, 0.15) is 5.38 Å². The molecule has 0 aliphatic carbocycles. The first-order chi connectivity index (χ1) is 9.08. The third-order valence-electron chi connectivity index (χ3n) is 2.77. The molecule has 2 rings (SSSR count). The Morgan fingerprint density at radius 1 is 1.21 bits per heavy atom. The van der Waals surface area contributed by atoms with Gasteiger partial charge in [0.2, 0.25) is 5.91 Å². The van der Waals surface area contributed by atoms with Crippen LogP contribution in [0.3, 0.4) is 0 Å². The molecule has 2 aromatic rings. The lowest BCUT2D eigenvalue weighted by atomic mass is 10.1. The van der Waals surface area contributed by atoms with Crippen LogP contribution < -0.4 is 5.32 Å². The molecule has 0 saturated heterocycles. The van der Waals surface area contributed by atoms with Crippen LogP contribution in [0.5, 0.6) is 0 Å². The standard InChI is InChI=1S/C15H13ClINO/c1-10-9-12(17)7-8-13(10)18-15(19)14(16)11-5-3-2-4-6-11/h2-9,14H,1H3,(H,18,19). The Labute approximate surface area is 131 Å². The van der Waals surface area contributed by atoms with Gasteiger partial charge in [0, 0.05) is 9.26 Å². The summed E-state index contributed by atoms with van der Waals surface area (Å²) in [7, 11) is 0. The Morgan fingerprint density at radius 3 is 2.53 bits per heavy atom. The lowest BCUT2D eigenvalue weighted by Gasteiger charge is -2.12. The summed E-state index contributed by atoms with van der Waals surface area (Å²) < 4.78 is 1.14. The van der Waals surface area contributed by atoms with Crippen molar-refractivity contribution in [2.24, 2.45) is 0 Å². The van der Waals surface area contributed by atoms with Crippen molar-refractivity contribution in [1.29, 1.82) is 0 Å². The molecule has 0 saturated carbocycles. The Hall–Kier alpha value is -1.07. The van der Waals surface area contributed by atoms with Crippen molar-refractivity contribution < 1.29 is 4.79 Å². The zero-order chi connectivity index (χ0) is 13.8. The minimum atomic E-state index is -0.681. The Kier molecular flexibility index (Phi) is 4.82. The molecule has 4 heteroatoms. The predicted octanol–water partition coefficient (Wildman–Crippen LogP) is 4.52. The molecular formula is C15H13ClINO. The molecule has 0 aromatic heterocycles. The molecule has 0 fully saturated rings. The zero-order valence-corrected chi connectivity index (χ0v) is 13.3. The minimum Gasteiger partial charge on any atom is -0.324 e. The molecule has 98 valence electrons. The highest BCUT2D eigenvalue weighted by Gasteiger charge is 2.17. The van der Waals surface area contributed by atoms with Crippen molar-refractivity contribution in [3.63, 3.8) is 0 Å². The largest absolute Gasteiger partial charge is 0.324 e. The van der Waals surface area contributed by atoms with E-state index < -0.39 is 5.38 Å². The second-order valence-electron chi connectivity index (χ2n) is 4.22. The van der Waals surface area contributed by atoms with E-state index >= 15 is 0 Å². The number of carbonyl (C=O) groups excluding carboxylic acids is 1. The number of halogens is 2. The van der Waals surface area contributed by atoms with E-state index in [2.05, 4.69) is 27.9 Å². The fraction of sp³-hybridized carbons (Fsp3) is 0.133. The van der Waals surface area contributed by atoms with Gasteiger partial charge in [0.25, 0.3) is 0 Å². The van der Waals surface area contributed by atoms with E-state index in [1.807, 2.05) is 55.5 Å². The van der Waals surface area contributed by atoms with E-state index in [1.165, 1.54) is 0 Å². The molecule has 0 heterocycles. The number of benzene rings is 2. The maximum atomic E-state index is 12.1. The van der Waals surface area contributed by atoms with E-state index in [1.54, 1.807) is 0 Å². The van der Waals surface area contributed by atoms with Crippen LogP contribution in [0.2, 0.25) is 0 Å². The van der Waals surface area contributed by atoms with Crippen LogP contribution in [0, 0.1) is 10.5 Å². The molecule has 0 bridgehead atoms. The molecule has 0 aliphatic heterocycles. The molecule has 1 amide bonds. The van der Waals surface area contributed by atoms with Crippen molar-refractivity contribution in [3.05, 3.63) is 63.2 Å². The number of carbonyl (C=O) groups is 1. The van der Waals surface area contributed by atoms with E-state index in [0.717, 1.165) is 20.4 Å². The summed E-state index contributed by atoms with van der Waals surface area (Å²) >= 11 is 8.42. The molecule has 0 aliphatic rings. The number of nitrogens with one attached hydrogen (secondary N) is 1. The third kappa shape index (κ3) is 3.70. The summed E-state index contributed by atoms with van der Waals surface area (Å²) in [4.78, 5) is 12.1. The second-order valence-corrected chi connectivity index (χ2v) is 5.90. The van der Waals surface area contributed by atoms with Crippen LogP contribution in [-0.2, 0) is 4.79 Å². The van der Waals surface area contributed by atoms with Gasteiger partial charge in [0.05, 0.1) is 0 Å². The summed E-state index contributed by atoms with van der Waals surface area (Å²) in [6.07, 6.45) is 0. The number of hydrogen-bond donors (Lipinski definition) is 1. The smallest absolute Gasteiger partial charge is 0.246 e. The van der Waals surface area contributed by atoms with Crippen molar-refractivity contribution in [1.82, 2.24) is 0 Å². The first kappa shape index (κ1) is 14.3. The van der Waals surface area contributed by atoms with Crippen LogP contribution in [0.1, 0.15) is 16.5 Å². The summed E-state index contributed by atoms with van der Waals surface area (Å²) in [5.74, 6) is -0.211. The van der Waals surface area contributed by atoms with Gasteiger partial charge in [-0.15, -0.1) is 11.6 Å². The summed E-state index contributed by atoms with van der Waals surface area (Å²) in [5.41, 5.74) is 2.62. The van der Waals surface area contributed by atoms with Crippen LogP contribution in [0.15, 0.2) is 48.5 Å². The summed E-state index contributed by atoms with van der Waals surface area (Å²) in [5, 5.41) is 2.18. The van der Waals surface area contributed by atoms with Gasteiger partial charge >= 0.3 is 0 Å². The van der Waals surface area contributed by atoms with Crippen LogP contribution in [-0.4, -0.2) is 5.91 Å². The fourth-order valence-corrected chi connectivity index (χ4v) is 2.58. The topological polar surface area (TPSA) is 29.1 Å². The third-order valence-corrected chi connectivity index (χ3v) is 3.89. The average Bonchev–Trinajstić information content (AvgIpc) is 2.42. The SMILES string of the molecule is Cc1cc(I)ccc1NC(=O)C(Cl)c1ccccc1. The number of anilines is 1. The van der Waals surface area contributed by atoms with Gasteiger partial charge in [-0.2, -0.15) is 0 Å². The molecule has 0 radical (unpaired) electrons. The maximum Gasteiger partial charge on any atom is 0.246 e. The molecule has 1 atom stereocenters. The van der Waals surface area contributed by atoms with Gasteiger partial charge in [0.15, 0.2) is 0 Å². The number of rotatable bonds is 3. The fourth-order valence-electron chi connectivity index (χ4n) is 1.74. The second kappa shape index (κ2) is 6.39. The zero-order valence-electron chi connectivity index (χ0n) is 10.4. The number of aryl methyl sites for hydroxylation is 1. The van der Waals surface area contributed by atoms with E-state index in [-0.39, 0.29) is 5.91 Å². The molecule has 2 aromatic carbocycles. The van der Waals surface area contributed by atoms with Crippen LogP contribution >= 0.6 is 34.2 Å². The lowest BCUT2D eigenvalue weighted by molar-refractivity contribution is -0.116. The van der Waals surface area contributed by atoms with Crippen molar-refractivity contribution in [2.45, 2.75) is 12.3 Å². The maximum absolute atomic E-state index is 12.1. The van der Waals surface area contributed by atoms with Crippen molar-refractivity contribution in [2.75, 3.05) is 5.32 Å². The normalized spacial score (nSPS) is 11.9. The van der Waals surface area contributed by atoms with E-state index in [0.29, 0.717) is 0 Å². The highest BCUT2D eigenvalue weighted by Crippen LogP contribution is 2.24. The summed E-state index contributed by atoms with van der Waals surface area (Å²) in [6, 6.07) is 15.2. The van der Waals surface area contributed by atoms with E-state index in [9.17, 15) is 4.79 Å². The van der Waals surface area contributed by atoms with Crippen LogP contribution in [0.25, 0.3) is 0 Å². The highest BCUT2D eigenvalue weighted by molar-refractivity contribution is 14.1. The van der Waals surface area contributed by atoms with Crippen LogP contribution in [0.4, 0.5) is 5.69 Å². The van der Waals surface area contributed by atoms with Crippen molar-refractivity contribution in [3.8, 4) is 0 Å². The number of alkyl halides is 1. The minimum absolute atomic E-state index is 0.211. The molecule has 1 unspecified atom stereocenters. The van der Waals surface area contributed by atoms with E-state index in [4.69, 9.17) is 11.6 Å². The Balaban J connectivity index is 2.13. The Morgan fingerprint density at radius 2 is 1.89 bits per heavy atom.